The summed E-state index contributed by atoms with van der Waals surface area (Å²) in [5, 5.41) is 0. The van der Waals surface area contributed by atoms with Gasteiger partial charge in [0.05, 0.1) is 11.4 Å². The van der Waals surface area contributed by atoms with Gasteiger partial charge in [0.1, 0.15) is 11.5 Å². The van der Waals surface area contributed by atoms with E-state index in [1.54, 1.807) is 11.8 Å². The Morgan fingerprint density at radius 3 is 2.77 bits per heavy atom. The lowest BCUT2D eigenvalue weighted by Crippen LogP contribution is -2.21. The Bertz CT molecular complexity index is 735. The Hall–Kier alpha value is -1.59. The number of aryl methyl sites for hydroxylation is 2. The lowest BCUT2D eigenvalue weighted by atomic mass is 10.1. The SMILES string of the molecule is Cc1ccccc1-c1nc(CSCC(=O)CCCN2CCCC2)c(C)o1. The first kappa shape index (κ1) is 19.2. The molecule has 0 spiro atoms. The maximum Gasteiger partial charge on any atom is 0.226 e. The molecule has 1 aliphatic heterocycles. The van der Waals surface area contributed by atoms with E-state index < -0.39 is 0 Å². The molecule has 0 amide bonds. The van der Waals surface area contributed by atoms with Gasteiger partial charge in [0.25, 0.3) is 0 Å². The number of carbonyl (C=O) groups is 1. The number of rotatable bonds is 9. The highest BCUT2D eigenvalue weighted by molar-refractivity contribution is 7.99. The van der Waals surface area contributed by atoms with E-state index in [9.17, 15) is 4.79 Å². The van der Waals surface area contributed by atoms with Crippen molar-refractivity contribution in [2.75, 3.05) is 25.4 Å². The van der Waals surface area contributed by atoms with Crippen molar-refractivity contribution in [1.29, 1.82) is 0 Å². The number of oxazole rings is 1. The molecule has 140 valence electrons. The standard InChI is InChI=1S/C21H28N2O2S/c1-16-8-3-4-10-19(16)21-22-20(17(2)25-21)15-26-14-18(24)9-7-13-23-11-5-6-12-23/h3-4,8,10H,5-7,9,11-15H2,1-2H3. The van der Waals surface area contributed by atoms with Crippen LogP contribution in [0.25, 0.3) is 11.5 Å². The van der Waals surface area contributed by atoms with Crippen LogP contribution < -0.4 is 0 Å². The lowest BCUT2D eigenvalue weighted by molar-refractivity contribution is -0.116. The van der Waals surface area contributed by atoms with Crippen LogP contribution >= 0.6 is 11.8 Å². The summed E-state index contributed by atoms with van der Waals surface area (Å²) in [6.45, 7) is 7.49. The number of hydrogen-bond donors (Lipinski definition) is 0. The summed E-state index contributed by atoms with van der Waals surface area (Å²) >= 11 is 1.64. The van der Waals surface area contributed by atoms with Gasteiger partial charge in [-0.15, -0.1) is 11.8 Å². The van der Waals surface area contributed by atoms with Crippen molar-refractivity contribution in [3.05, 3.63) is 41.3 Å². The van der Waals surface area contributed by atoms with Crippen molar-refractivity contribution in [2.45, 2.75) is 45.3 Å². The maximum atomic E-state index is 12.1. The molecule has 5 heteroatoms. The Labute approximate surface area is 160 Å². The third kappa shape index (κ3) is 5.21. The predicted octanol–water partition coefficient (Wildman–Crippen LogP) is 4.64. The normalized spacial score (nSPS) is 14.8. The molecule has 1 fully saturated rings. The van der Waals surface area contributed by atoms with E-state index in [0.717, 1.165) is 41.3 Å². The van der Waals surface area contributed by atoms with Crippen molar-refractivity contribution in [3.63, 3.8) is 0 Å². The molecule has 1 aromatic heterocycles. The number of aromatic nitrogens is 1. The largest absolute Gasteiger partial charge is 0.441 e. The van der Waals surface area contributed by atoms with Crippen LogP contribution in [0.1, 0.15) is 42.7 Å². The number of hydrogen-bond acceptors (Lipinski definition) is 5. The molecule has 0 saturated carbocycles. The van der Waals surface area contributed by atoms with E-state index in [-0.39, 0.29) is 0 Å². The van der Waals surface area contributed by atoms with Crippen molar-refractivity contribution in [3.8, 4) is 11.5 Å². The van der Waals surface area contributed by atoms with Gasteiger partial charge < -0.3 is 9.32 Å². The summed E-state index contributed by atoms with van der Waals surface area (Å²) in [6, 6.07) is 8.10. The van der Waals surface area contributed by atoms with Crippen LogP contribution in [0.4, 0.5) is 0 Å². The average Bonchev–Trinajstić information content (AvgIpc) is 3.26. The molecule has 0 atom stereocenters. The van der Waals surface area contributed by atoms with Crippen LogP contribution in [0, 0.1) is 13.8 Å². The lowest BCUT2D eigenvalue weighted by Gasteiger charge is -2.13. The first-order valence-electron chi connectivity index (χ1n) is 9.47. The highest BCUT2D eigenvalue weighted by Crippen LogP contribution is 2.26. The van der Waals surface area contributed by atoms with Crippen LogP contribution in [-0.4, -0.2) is 41.1 Å². The van der Waals surface area contributed by atoms with Gasteiger partial charge >= 0.3 is 0 Å². The van der Waals surface area contributed by atoms with Crippen LogP contribution in [0.2, 0.25) is 0 Å². The zero-order chi connectivity index (χ0) is 18.4. The molecule has 0 aliphatic carbocycles. The summed E-state index contributed by atoms with van der Waals surface area (Å²) in [5.74, 6) is 3.14. The topological polar surface area (TPSA) is 46.3 Å². The number of thioether (sulfide) groups is 1. The van der Waals surface area contributed by atoms with Gasteiger partial charge in [-0.1, -0.05) is 18.2 Å². The second kappa shape index (κ2) is 9.38. The van der Waals surface area contributed by atoms with Gasteiger partial charge in [-0.3, -0.25) is 4.79 Å². The molecule has 1 aliphatic rings. The molecule has 0 unspecified atom stereocenters. The molecule has 1 aromatic carbocycles. The van der Waals surface area contributed by atoms with E-state index in [2.05, 4.69) is 22.9 Å². The number of Topliss-reactive ketones (excluding diaryl/α,β-unsaturated/α-hetero) is 1. The zero-order valence-electron chi connectivity index (χ0n) is 15.8. The van der Waals surface area contributed by atoms with Crippen molar-refractivity contribution in [1.82, 2.24) is 9.88 Å². The average molecular weight is 373 g/mol. The minimum Gasteiger partial charge on any atom is -0.441 e. The fourth-order valence-corrected chi connectivity index (χ4v) is 4.27. The summed E-state index contributed by atoms with van der Waals surface area (Å²) in [6.07, 6.45) is 4.30. The van der Waals surface area contributed by atoms with Gasteiger partial charge in [-0.25, -0.2) is 4.98 Å². The molecule has 3 rings (SSSR count). The van der Waals surface area contributed by atoms with E-state index in [4.69, 9.17) is 4.42 Å². The first-order chi connectivity index (χ1) is 12.6. The Morgan fingerprint density at radius 2 is 2.00 bits per heavy atom. The van der Waals surface area contributed by atoms with Crippen molar-refractivity contribution < 1.29 is 9.21 Å². The molecular formula is C21H28N2O2S. The van der Waals surface area contributed by atoms with Crippen molar-refractivity contribution in [2.24, 2.45) is 0 Å². The van der Waals surface area contributed by atoms with Gasteiger partial charge in [0.15, 0.2) is 0 Å². The summed E-state index contributed by atoms with van der Waals surface area (Å²) in [5.41, 5.74) is 3.13. The molecule has 26 heavy (non-hydrogen) atoms. The van der Waals surface area contributed by atoms with Crippen LogP contribution in [-0.2, 0) is 10.5 Å². The monoisotopic (exact) mass is 372 g/mol. The molecular weight excluding hydrogens is 344 g/mol. The van der Waals surface area contributed by atoms with Crippen LogP contribution in [0.15, 0.2) is 28.7 Å². The minimum absolute atomic E-state index is 0.342. The second-order valence-electron chi connectivity index (χ2n) is 7.02. The minimum atomic E-state index is 0.342. The molecule has 2 aromatic rings. The van der Waals surface area contributed by atoms with Crippen LogP contribution in [0.5, 0.6) is 0 Å². The summed E-state index contributed by atoms with van der Waals surface area (Å²) in [7, 11) is 0. The van der Waals surface area contributed by atoms with Gasteiger partial charge in [-0.2, -0.15) is 0 Å². The smallest absolute Gasteiger partial charge is 0.226 e. The zero-order valence-corrected chi connectivity index (χ0v) is 16.6. The van der Waals surface area contributed by atoms with E-state index >= 15 is 0 Å². The molecule has 0 N–H and O–H groups in total. The van der Waals surface area contributed by atoms with E-state index in [1.165, 1.54) is 25.9 Å². The fraction of sp³-hybridized carbons (Fsp3) is 0.524. The molecule has 0 bridgehead atoms. The maximum absolute atomic E-state index is 12.1. The van der Waals surface area contributed by atoms with E-state index in [1.807, 2.05) is 25.1 Å². The molecule has 4 nitrogen and oxygen atoms in total. The third-order valence-electron chi connectivity index (χ3n) is 4.90. The third-order valence-corrected chi connectivity index (χ3v) is 5.90. The molecule has 0 radical (unpaired) electrons. The number of carbonyl (C=O) groups excluding carboxylic acids is 1. The fourth-order valence-electron chi connectivity index (χ4n) is 3.33. The van der Waals surface area contributed by atoms with Crippen LogP contribution in [0.3, 0.4) is 0 Å². The number of likely N-dealkylation sites (tertiary alicyclic amines) is 1. The predicted molar refractivity (Wildman–Crippen MR) is 107 cm³/mol. The van der Waals surface area contributed by atoms with Gasteiger partial charge in [-0.05, 0) is 64.4 Å². The van der Waals surface area contributed by atoms with E-state index in [0.29, 0.717) is 23.8 Å². The second-order valence-corrected chi connectivity index (χ2v) is 8.01. The quantitative estimate of drug-likeness (QED) is 0.642. The van der Waals surface area contributed by atoms with Crippen molar-refractivity contribution >= 4 is 17.5 Å². The molecule has 1 saturated heterocycles. The molecule has 2 heterocycles. The Kier molecular flexibility index (Phi) is 6.92. The number of nitrogens with zero attached hydrogens (tertiary/aromatic N) is 2. The summed E-state index contributed by atoms with van der Waals surface area (Å²) < 4.78 is 5.85. The summed E-state index contributed by atoms with van der Waals surface area (Å²) in [4.78, 5) is 19.2. The Balaban J connectivity index is 1.43. The number of ketones is 1. The Morgan fingerprint density at radius 1 is 1.23 bits per heavy atom. The van der Waals surface area contributed by atoms with Gasteiger partial charge in [0.2, 0.25) is 5.89 Å². The van der Waals surface area contributed by atoms with Gasteiger partial charge in [0, 0.05) is 17.7 Å². The first-order valence-corrected chi connectivity index (χ1v) is 10.6. The highest BCUT2D eigenvalue weighted by atomic mass is 32.2. The number of benzene rings is 1. The highest BCUT2D eigenvalue weighted by Gasteiger charge is 2.14.